The normalized spacial score (nSPS) is 18.8. The lowest BCUT2D eigenvalue weighted by Crippen LogP contribution is -2.36. The first-order chi connectivity index (χ1) is 14.1. The van der Waals surface area contributed by atoms with Gasteiger partial charge in [0.15, 0.2) is 0 Å². The summed E-state index contributed by atoms with van der Waals surface area (Å²) in [5.41, 5.74) is 13.4. The van der Waals surface area contributed by atoms with Crippen molar-refractivity contribution in [1.29, 1.82) is 0 Å². The number of pyridine rings is 1. The van der Waals surface area contributed by atoms with E-state index in [1.165, 1.54) is 38.4 Å². The van der Waals surface area contributed by atoms with E-state index in [-0.39, 0.29) is 5.69 Å². The average molecular weight is 396 g/mol. The van der Waals surface area contributed by atoms with E-state index in [1.807, 2.05) is 6.20 Å². The highest BCUT2D eigenvalue weighted by Crippen LogP contribution is 2.33. The van der Waals surface area contributed by atoms with E-state index in [0.717, 1.165) is 37.4 Å². The molecule has 4 rings (SSSR count). The van der Waals surface area contributed by atoms with E-state index in [9.17, 15) is 4.79 Å². The molecular formula is C21H29N7O. The summed E-state index contributed by atoms with van der Waals surface area (Å²) < 4.78 is 0. The van der Waals surface area contributed by atoms with Crippen molar-refractivity contribution in [3.05, 3.63) is 35.8 Å². The van der Waals surface area contributed by atoms with Crippen LogP contribution in [0.2, 0.25) is 0 Å². The highest BCUT2D eigenvalue weighted by Gasteiger charge is 2.25. The summed E-state index contributed by atoms with van der Waals surface area (Å²) in [6.07, 6.45) is 11.1. The lowest BCUT2D eigenvalue weighted by atomic mass is 9.90. The lowest BCUT2D eigenvalue weighted by Gasteiger charge is -2.33. The molecule has 0 radical (unpaired) electrons. The third-order valence-electron chi connectivity index (χ3n) is 6.14. The number of nitrogens with two attached hydrogens (primary N) is 2. The van der Waals surface area contributed by atoms with Gasteiger partial charge in [-0.3, -0.25) is 9.78 Å². The number of anilines is 3. The summed E-state index contributed by atoms with van der Waals surface area (Å²) in [4.78, 5) is 26.7. The molecule has 2 aromatic heterocycles. The molecule has 3 heterocycles. The minimum Gasteiger partial charge on any atom is -0.383 e. The van der Waals surface area contributed by atoms with E-state index < -0.39 is 5.91 Å². The Balaban J connectivity index is 1.36. The Morgan fingerprint density at radius 2 is 1.93 bits per heavy atom. The number of nitrogens with zero attached hydrogens (tertiary/aromatic N) is 4. The Bertz CT molecular complexity index is 858. The number of rotatable bonds is 6. The fourth-order valence-corrected chi connectivity index (χ4v) is 4.54. The number of hydrogen-bond acceptors (Lipinski definition) is 7. The standard InChI is InChI=1S/C21H29N7O/c22-19-17(15-6-9-28(10-7-15)13-14-3-1-2-4-14)12-25-21(27-19)26-16-5-8-24-18(11-16)20(23)29/h5,8,11-12,14-15H,1-4,6-7,9-10,13H2,(H2,23,29)(H3,22,24,25,26,27). The van der Waals surface area contributed by atoms with Gasteiger partial charge in [0.1, 0.15) is 11.5 Å². The van der Waals surface area contributed by atoms with Gasteiger partial charge in [0.2, 0.25) is 5.95 Å². The van der Waals surface area contributed by atoms with Gasteiger partial charge in [-0.25, -0.2) is 4.98 Å². The quantitative estimate of drug-likeness (QED) is 0.687. The van der Waals surface area contributed by atoms with Gasteiger partial charge in [0.05, 0.1) is 0 Å². The number of amides is 1. The predicted octanol–water partition coefficient (Wildman–Crippen LogP) is 2.67. The van der Waals surface area contributed by atoms with Crippen LogP contribution in [-0.2, 0) is 0 Å². The fraction of sp³-hybridized carbons (Fsp3) is 0.524. The average Bonchev–Trinajstić information content (AvgIpc) is 3.22. The van der Waals surface area contributed by atoms with Crippen molar-refractivity contribution in [2.45, 2.75) is 44.4 Å². The Labute approximate surface area is 171 Å². The molecule has 1 saturated carbocycles. The van der Waals surface area contributed by atoms with Gasteiger partial charge in [0, 0.05) is 30.2 Å². The molecular weight excluding hydrogens is 366 g/mol. The molecule has 1 aliphatic carbocycles. The number of carbonyl (C=O) groups is 1. The molecule has 8 heteroatoms. The van der Waals surface area contributed by atoms with E-state index in [2.05, 4.69) is 25.2 Å². The summed E-state index contributed by atoms with van der Waals surface area (Å²) in [7, 11) is 0. The zero-order valence-electron chi connectivity index (χ0n) is 16.7. The molecule has 2 fully saturated rings. The summed E-state index contributed by atoms with van der Waals surface area (Å²) in [6.45, 7) is 3.49. The van der Waals surface area contributed by atoms with Gasteiger partial charge in [-0.2, -0.15) is 4.98 Å². The first-order valence-electron chi connectivity index (χ1n) is 10.5. The topological polar surface area (TPSA) is 123 Å². The number of likely N-dealkylation sites (tertiary alicyclic amines) is 1. The number of piperidine rings is 1. The first kappa shape index (κ1) is 19.6. The predicted molar refractivity (Wildman–Crippen MR) is 113 cm³/mol. The van der Waals surface area contributed by atoms with Gasteiger partial charge in [-0.05, 0) is 62.7 Å². The Morgan fingerprint density at radius 3 is 2.62 bits per heavy atom. The third-order valence-corrected chi connectivity index (χ3v) is 6.14. The summed E-state index contributed by atoms with van der Waals surface area (Å²) in [5, 5.41) is 3.06. The highest BCUT2D eigenvalue weighted by atomic mass is 16.1. The van der Waals surface area contributed by atoms with Crippen molar-refractivity contribution >= 4 is 23.4 Å². The summed E-state index contributed by atoms with van der Waals surface area (Å²) in [5.74, 6) is 1.64. The molecule has 0 atom stereocenters. The number of carbonyl (C=O) groups excluding carboxylic acids is 1. The van der Waals surface area contributed by atoms with Crippen molar-refractivity contribution in [3.8, 4) is 0 Å². The molecule has 1 aliphatic heterocycles. The van der Waals surface area contributed by atoms with E-state index in [1.54, 1.807) is 12.1 Å². The van der Waals surface area contributed by atoms with Gasteiger partial charge >= 0.3 is 0 Å². The zero-order valence-corrected chi connectivity index (χ0v) is 16.7. The molecule has 154 valence electrons. The Hall–Kier alpha value is -2.74. The van der Waals surface area contributed by atoms with Gasteiger partial charge in [-0.15, -0.1) is 0 Å². The zero-order chi connectivity index (χ0) is 20.2. The van der Waals surface area contributed by atoms with Crippen LogP contribution in [0.25, 0.3) is 0 Å². The number of primary amides is 1. The Kier molecular flexibility index (Phi) is 5.89. The number of nitrogens with one attached hydrogen (secondary N) is 1. The van der Waals surface area contributed by atoms with Crippen LogP contribution in [0.4, 0.5) is 17.5 Å². The van der Waals surface area contributed by atoms with Crippen LogP contribution in [-0.4, -0.2) is 45.4 Å². The van der Waals surface area contributed by atoms with E-state index >= 15 is 0 Å². The molecule has 8 nitrogen and oxygen atoms in total. The fourth-order valence-electron chi connectivity index (χ4n) is 4.54. The first-order valence-corrected chi connectivity index (χ1v) is 10.5. The molecule has 0 unspecified atom stereocenters. The second-order valence-electron chi connectivity index (χ2n) is 8.18. The van der Waals surface area contributed by atoms with E-state index in [0.29, 0.717) is 23.4 Å². The molecule has 29 heavy (non-hydrogen) atoms. The summed E-state index contributed by atoms with van der Waals surface area (Å²) >= 11 is 0. The SMILES string of the molecule is NC(=O)c1cc(Nc2ncc(C3CCN(CC4CCCC4)CC3)c(N)n2)ccn1. The molecule has 1 saturated heterocycles. The molecule has 0 aromatic carbocycles. The van der Waals surface area contributed by atoms with Crippen LogP contribution in [0.5, 0.6) is 0 Å². The van der Waals surface area contributed by atoms with Crippen molar-refractivity contribution < 1.29 is 4.79 Å². The van der Waals surface area contributed by atoms with Crippen molar-refractivity contribution in [3.63, 3.8) is 0 Å². The van der Waals surface area contributed by atoms with E-state index in [4.69, 9.17) is 11.5 Å². The maximum atomic E-state index is 11.3. The molecule has 2 aromatic rings. The second kappa shape index (κ2) is 8.73. The van der Waals surface area contributed by atoms with Crippen LogP contribution in [0.15, 0.2) is 24.5 Å². The van der Waals surface area contributed by atoms with Crippen LogP contribution in [0, 0.1) is 5.92 Å². The number of hydrogen-bond donors (Lipinski definition) is 3. The van der Waals surface area contributed by atoms with Crippen molar-refractivity contribution in [2.24, 2.45) is 11.7 Å². The Morgan fingerprint density at radius 1 is 1.17 bits per heavy atom. The van der Waals surface area contributed by atoms with Gasteiger partial charge < -0.3 is 21.7 Å². The van der Waals surface area contributed by atoms with Crippen molar-refractivity contribution in [2.75, 3.05) is 30.7 Å². The third kappa shape index (κ3) is 4.82. The van der Waals surface area contributed by atoms with Crippen LogP contribution in [0.3, 0.4) is 0 Å². The minimum atomic E-state index is -0.580. The monoisotopic (exact) mass is 395 g/mol. The van der Waals surface area contributed by atoms with Gasteiger partial charge in [-0.1, -0.05) is 12.8 Å². The maximum absolute atomic E-state index is 11.3. The number of aromatic nitrogens is 3. The largest absolute Gasteiger partial charge is 0.383 e. The molecule has 0 spiro atoms. The van der Waals surface area contributed by atoms with Crippen LogP contribution < -0.4 is 16.8 Å². The van der Waals surface area contributed by atoms with Crippen LogP contribution >= 0.6 is 0 Å². The smallest absolute Gasteiger partial charge is 0.267 e. The molecule has 1 amide bonds. The van der Waals surface area contributed by atoms with Gasteiger partial charge in [0.25, 0.3) is 5.91 Å². The molecule has 2 aliphatic rings. The second-order valence-corrected chi connectivity index (χ2v) is 8.18. The maximum Gasteiger partial charge on any atom is 0.267 e. The lowest BCUT2D eigenvalue weighted by molar-refractivity contribution is 0.0995. The number of nitrogen functional groups attached to an aromatic ring is 1. The van der Waals surface area contributed by atoms with Crippen LogP contribution in [0.1, 0.15) is 60.5 Å². The minimum absolute atomic E-state index is 0.184. The highest BCUT2D eigenvalue weighted by molar-refractivity contribution is 5.91. The van der Waals surface area contributed by atoms with Crippen molar-refractivity contribution in [1.82, 2.24) is 19.9 Å². The molecule has 5 N–H and O–H groups in total. The molecule has 0 bridgehead atoms. The summed E-state index contributed by atoms with van der Waals surface area (Å²) in [6, 6.07) is 3.29.